The number of aromatic nitrogens is 2. The summed E-state index contributed by atoms with van der Waals surface area (Å²) in [5.74, 6) is 1.62. The van der Waals surface area contributed by atoms with Crippen molar-refractivity contribution in [2.24, 2.45) is 9.98 Å². The predicted octanol–water partition coefficient (Wildman–Crippen LogP) is 16.3. The maximum atomic E-state index is 11.9. The van der Waals surface area contributed by atoms with Gasteiger partial charge in [0.15, 0.2) is 0 Å². The predicted molar refractivity (Wildman–Crippen MR) is 281 cm³/mol. The second-order valence-corrected chi connectivity index (χ2v) is 19.6. The Bertz CT molecular complexity index is 2150. The molecule has 0 atom stereocenters. The molecule has 2 aromatic heterocycles. The van der Waals surface area contributed by atoms with Crippen LogP contribution in [0.4, 0.5) is 11.4 Å². The van der Waals surface area contributed by atoms with Gasteiger partial charge in [-0.25, -0.2) is 0 Å². The van der Waals surface area contributed by atoms with Gasteiger partial charge in [-0.05, 0) is 115 Å². The minimum Gasteiger partial charge on any atom is -0.507 e. The SMILES string of the molecule is CC(C)c1cccc(C(C)C)c1N=Cc1cc(C(C)(C)C)cc(Cc2cc(C(C)(C)C)cc(C=Nc3c(C(C)C)cccc3C(C)C)c2O)c1O.[CH3-].[CH3-].[Ni].[Ni].c1ccncc1.c1ccncc1. The van der Waals surface area contributed by atoms with E-state index in [1.807, 2.05) is 48.8 Å². The number of pyridine rings is 2. The molecule has 6 aromatic rings. The summed E-state index contributed by atoms with van der Waals surface area (Å²) < 4.78 is 0. The van der Waals surface area contributed by atoms with Crippen LogP contribution in [-0.4, -0.2) is 32.6 Å². The molecule has 0 saturated heterocycles. The molecule has 0 aliphatic carbocycles. The molecule has 2 heterocycles. The van der Waals surface area contributed by atoms with Crippen molar-refractivity contribution in [2.75, 3.05) is 0 Å². The van der Waals surface area contributed by atoms with Gasteiger partial charge in [0.05, 0.1) is 11.4 Å². The van der Waals surface area contributed by atoms with E-state index in [9.17, 15) is 10.2 Å². The van der Waals surface area contributed by atoms with E-state index in [1.54, 1.807) is 24.8 Å². The van der Waals surface area contributed by atoms with Gasteiger partial charge in [-0.15, -0.1) is 0 Å². The molecule has 0 spiro atoms. The first-order chi connectivity index (χ1) is 29.7. The number of hydrogen-bond acceptors (Lipinski definition) is 6. The standard InChI is InChI=1S/C47H62N2O2.2C5H5N.2CH3.2Ni/c1-28(2)38-17-15-18-39(29(3)4)42(38)48-26-34-24-36(46(9,10)11)22-32(44(34)50)21-33-23-37(47(12,13)14)25-35(45(33)51)27-49-43-40(30(5)6)19-16-20-41(43)31(7)8;2*1-2-4-6-5-3-1;;;;/h15-20,22-31,50-51H,21H2,1-14H3;2*1-5H;2*1H3;;/q;;;2*-1;;. The third kappa shape index (κ3) is 17.9. The Balaban J connectivity index is 0.00000236. The zero-order chi connectivity index (χ0) is 46.5. The van der Waals surface area contributed by atoms with Crippen molar-refractivity contribution in [1.82, 2.24) is 9.97 Å². The first-order valence-electron chi connectivity index (χ1n) is 22.5. The number of phenolic OH excluding ortho intramolecular Hbond substituents is 2. The van der Waals surface area contributed by atoms with Crippen LogP contribution >= 0.6 is 0 Å². The third-order valence-corrected chi connectivity index (χ3v) is 11.0. The first kappa shape index (κ1) is 62.1. The number of rotatable bonds is 10. The Morgan fingerprint density at radius 2 is 0.746 bits per heavy atom. The van der Waals surface area contributed by atoms with Crippen molar-refractivity contribution in [3.63, 3.8) is 0 Å². The van der Waals surface area contributed by atoms with Crippen LogP contribution in [0.2, 0.25) is 0 Å². The molecule has 0 saturated carbocycles. The van der Waals surface area contributed by atoms with Crippen LogP contribution in [0.1, 0.15) is 176 Å². The summed E-state index contributed by atoms with van der Waals surface area (Å²) in [5, 5.41) is 23.8. The Kier molecular flexibility index (Phi) is 26.4. The van der Waals surface area contributed by atoms with Gasteiger partial charge in [0.25, 0.3) is 0 Å². The molecule has 0 aliphatic heterocycles. The van der Waals surface area contributed by atoms with Crippen LogP contribution in [0.15, 0.2) is 132 Å². The van der Waals surface area contributed by atoms with Crippen molar-refractivity contribution in [2.45, 2.75) is 138 Å². The summed E-state index contributed by atoms with van der Waals surface area (Å²) in [6, 6.07) is 32.5. The largest absolute Gasteiger partial charge is 0.507 e. The van der Waals surface area contributed by atoms with Gasteiger partial charge in [0.1, 0.15) is 11.5 Å². The Hall–Kier alpha value is -4.89. The summed E-state index contributed by atoms with van der Waals surface area (Å²) in [4.78, 5) is 17.7. The van der Waals surface area contributed by atoms with Gasteiger partial charge < -0.3 is 25.1 Å². The van der Waals surface area contributed by atoms with E-state index in [2.05, 4.69) is 168 Å². The minimum atomic E-state index is -0.172. The quantitative estimate of drug-likeness (QED) is 0.0813. The van der Waals surface area contributed by atoms with Crippen LogP contribution < -0.4 is 0 Å². The molecule has 67 heavy (non-hydrogen) atoms. The molecule has 2 N–H and O–H groups in total. The monoisotopic (exact) mass is 990 g/mol. The second-order valence-electron chi connectivity index (χ2n) is 19.6. The summed E-state index contributed by atoms with van der Waals surface area (Å²) in [5.41, 5.74) is 11.4. The second kappa shape index (κ2) is 28.4. The molecule has 0 bridgehead atoms. The van der Waals surface area contributed by atoms with E-state index >= 15 is 0 Å². The topological polar surface area (TPSA) is 91.0 Å². The van der Waals surface area contributed by atoms with E-state index in [0.717, 1.165) is 33.6 Å². The Morgan fingerprint density at radius 3 is 0.955 bits per heavy atom. The first-order valence-corrected chi connectivity index (χ1v) is 22.5. The molecule has 8 heteroatoms. The average molecular weight is 993 g/mol. The molecule has 0 radical (unpaired) electrons. The van der Waals surface area contributed by atoms with E-state index < -0.39 is 0 Å². The van der Waals surface area contributed by atoms with E-state index in [0.29, 0.717) is 41.2 Å². The molecule has 0 aliphatic rings. The van der Waals surface area contributed by atoms with Gasteiger partial charge in [-0.2, -0.15) is 0 Å². The molecule has 0 amide bonds. The number of hydrogen-bond donors (Lipinski definition) is 2. The third-order valence-electron chi connectivity index (χ3n) is 11.0. The fraction of sp³-hybridized carbons (Fsp3) is 0.356. The summed E-state index contributed by atoms with van der Waals surface area (Å²) in [6.45, 7) is 30.6. The van der Waals surface area contributed by atoms with Crippen LogP contribution in [-0.2, 0) is 50.2 Å². The number of nitrogens with zero attached hydrogens (tertiary/aromatic N) is 4. The van der Waals surface area contributed by atoms with Crippen LogP contribution in [0.5, 0.6) is 11.5 Å². The van der Waals surface area contributed by atoms with Gasteiger partial charge in [0.2, 0.25) is 0 Å². The van der Waals surface area contributed by atoms with Crippen molar-refractivity contribution in [3.05, 3.63) is 192 Å². The smallest absolute Gasteiger partial charge is 0.127 e. The summed E-state index contributed by atoms with van der Waals surface area (Å²) >= 11 is 0. The Morgan fingerprint density at radius 1 is 0.463 bits per heavy atom. The maximum absolute atomic E-state index is 11.9. The normalized spacial score (nSPS) is 11.3. The van der Waals surface area contributed by atoms with E-state index in [-0.39, 0.29) is 70.2 Å². The molecule has 0 unspecified atom stereocenters. The molecule has 4 aromatic carbocycles. The number of para-hydroxylation sites is 2. The zero-order valence-corrected chi connectivity index (χ0v) is 45.0. The van der Waals surface area contributed by atoms with Crippen molar-refractivity contribution >= 4 is 23.8 Å². The number of phenols is 2. The summed E-state index contributed by atoms with van der Waals surface area (Å²) in [6.07, 6.45) is 11.0. The molecular weight excluding hydrogens is 914 g/mol. The maximum Gasteiger partial charge on any atom is 0.127 e. The van der Waals surface area contributed by atoms with Crippen LogP contribution in [0, 0.1) is 14.9 Å². The molecule has 0 fully saturated rings. The number of aliphatic imine (C=N–C) groups is 2. The average Bonchev–Trinajstić information content (AvgIpc) is 3.24. The van der Waals surface area contributed by atoms with Gasteiger partial charge in [-0.1, -0.05) is 158 Å². The van der Waals surface area contributed by atoms with Gasteiger partial charge in [0, 0.05) is 87.7 Å². The van der Waals surface area contributed by atoms with Crippen molar-refractivity contribution in [1.29, 1.82) is 0 Å². The van der Waals surface area contributed by atoms with Crippen LogP contribution in [0.3, 0.4) is 0 Å². The number of benzene rings is 4. The summed E-state index contributed by atoms with van der Waals surface area (Å²) in [7, 11) is 0. The van der Waals surface area contributed by atoms with Crippen molar-refractivity contribution in [3.8, 4) is 11.5 Å². The fourth-order valence-electron chi connectivity index (χ4n) is 7.19. The molecule has 368 valence electrons. The zero-order valence-electron chi connectivity index (χ0n) is 43.0. The minimum absolute atomic E-state index is 0. The van der Waals surface area contributed by atoms with Crippen LogP contribution in [0.25, 0.3) is 0 Å². The molecule has 6 nitrogen and oxygen atoms in total. The van der Waals surface area contributed by atoms with E-state index in [1.165, 1.54) is 22.3 Å². The molecular formula is C59H78N4Ni2O2-2. The van der Waals surface area contributed by atoms with Gasteiger partial charge in [-0.3, -0.25) is 20.0 Å². The van der Waals surface area contributed by atoms with Crippen molar-refractivity contribution < 1.29 is 43.2 Å². The number of aromatic hydroxyl groups is 2. The van der Waals surface area contributed by atoms with Gasteiger partial charge >= 0.3 is 0 Å². The fourth-order valence-corrected chi connectivity index (χ4v) is 7.19. The molecule has 6 rings (SSSR count). The van der Waals surface area contributed by atoms with E-state index in [4.69, 9.17) is 9.98 Å². The Labute approximate surface area is 426 Å².